The topological polar surface area (TPSA) is 48.1 Å². The molecule has 1 aliphatic heterocycles. The molecule has 1 unspecified atom stereocenters. The van der Waals surface area contributed by atoms with E-state index in [4.69, 9.17) is 5.26 Å². The third kappa shape index (κ3) is 3.79. The van der Waals surface area contributed by atoms with Gasteiger partial charge in [-0.05, 0) is 18.4 Å². The van der Waals surface area contributed by atoms with Crippen molar-refractivity contribution in [3.8, 4) is 6.07 Å². The van der Waals surface area contributed by atoms with Gasteiger partial charge < -0.3 is 4.90 Å². The molecule has 0 N–H and O–H groups in total. The normalized spacial score (nSPS) is 19.2. The van der Waals surface area contributed by atoms with Crippen molar-refractivity contribution in [3.05, 3.63) is 18.0 Å². The molecule has 1 fully saturated rings. The minimum absolute atomic E-state index is 0.0977. The summed E-state index contributed by atoms with van der Waals surface area (Å²) in [5.41, 5.74) is 1.30. The molecule has 0 saturated carbocycles. The van der Waals surface area contributed by atoms with E-state index in [0.29, 0.717) is 0 Å². The fourth-order valence-corrected chi connectivity index (χ4v) is 2.62. The first kappa shape index (κ1) is 14.0. The van der Waals surface area contributed by atoms with Gasteiger partial charge in [-0.3, -0.25) is 9.58 Å². The Hall–Kier alpha value is -1.38. The summed E-state index contributed by atoms with van der Waals surface area (Å²) in [6.45, 7) is 7.33. The van der Waals surface area contributed by atoms with Crippen molar-refractivity contribution >= 4 is 0 Å². The summed E-state index contributed by atoms with van der Waals surface area (Å²) in [7, 11) is 1.95. The molecule has 0 amide bonds. The third-order valence-electron chi connectivity index (χ3n) is 3.86. The highest BCUT2D eigenvalue weighted by Gasteiger charge is 2.22. The molecule has 0 bridgehead atoms. The Morgan fingerprint density at radius 2 is 2.11 bits per heavy atom. The lowest BCUT2D eigenvalue weighted by atomic mass is 10.1. The Kier molecular flexibility index (Phi) is 4.94. The van der Waals surface area contributed by atoms with E-state index in [2.05, 4.69) is 34.1 Å². The summed E-state index contributed by atoms with van der Waals surface area (Å²) in [6.07, 6.45) is 6.01. The van der Waals surface area contributed by atoms with Crippen LogP contribution in [0.5, 0.6) is 0 Å². The molecule has 5 heteroatoms. The molecule has 1 atom stereocenters. The minimum atomic E-state index is 0.0977. The number of hydrogen-bond acceptors (Lipinski definition) is 4. The molecule has 2 rings (SSSR count). The van der Waals surface area contributed by atoms with Crippen LogP contribution in [0.2, 0.25) is 0 Å². The van der Waals surface area contributed by atoms with Gasteiger partial charge in [-0.1, -0.05) is 6.92 Å². The number of hydrogen-bond donors (Lipinski definition) is 0. The van der Waals surface area contributed by atoms with Crippen LogP contribution in [-0.2, 0) is 13.5 Å². The van der Waals surface area contributed by atoms with E-state index in [1.807, 2.05) is 17.9 Å². The predicted molar refractivity (Wildman–Crippen MR) is 74.6 cm³/mol. The maximum Gasteiger partial charge on any atom is 0.0976 e. The van der Waals surface area contributed by atoms with Crippen LogP contribution in [0.15, 0.2) is 12.4 Å². The van der Waals surface area contributed by atoms with Crippen molar-refractivity contribution in [2.45, 2.75) is 25.8 Å². The summed E-state index contributed by atoms with van der Waals surface area (Å²) in [4.78, 5) is 4.79. The maximum absolute atomic E-state index is 9.08. The monoisotopic (exact) mass is 261 g/mol. The van der Waals surface area contributed by atoms with Crippen LogP contribution in [-0.4, -0.2) is 58.3 Å². The summed E-state index contributed by atoms with van der Waals surface area (Å²) in [5, 5.41) is 13.3. The maximum atomic E-state index is 9.08. The Morgan fingerprint density at radius 3 is 2.63 bits per heavy atom. The van der Waals surface area contributed by atoms with Gasteiger partial charge in [0.2, 0.25) is 0 Å². The van der Waals surface area contributed by atoms with E-state index in [0.717, 1.165) is 45.6 Å². The molecule has 1 aliphatic rings. The van der Waals surface area contributed by atoms with Crippen LogP contribution < -0.4 is 0 Å². The average molecular weight is 261 g/mol. The Balaban J connectivity index is 1.73. The molecule has 0 spiro atoms. The minimum Gasteiger partial charge on any atom is -0.300 e. The third-order valence-corrected chi connectivity index (χ3v) is 3.86. The molecule has 2 heterocycles. The molecule has 0 radical (unpaired) electrons. The van der Waals surface area contributed by atoms with Gasteiger partial charge in [0, 0.05) is 46.0 Å². The number of rotatable bonds is 5. The number of piperazine rings is 1. The van der Waals surface area contributed by atoms with Gasteiger partial charge in [0.15, 0.2) is 0 Å². The molecule has 1 saturated heterocycles. The largest absolute Gasteiger partial charge is 0.300 e. The van der Waals surface area contributed by atoms with Crippen LogP contribution in [0.1, 0.15) is 18.9 Å². The van der Waals surface area contributed by atoms with Crippen LogP contribution in [0.4, 0.5) is 0 Å². The van der Waals surface area contributed by atoms with E-state index in [9.17, 15) is 0 Å². The second kappa shape index (κ2) is 6.69. The standard InChI is InChI=1S/C14H23N5/c1-3-14(10-15)19-8-6-18(7-9-19)5-4-13-11-16-17(2)12-13/h11-12,14H,3-9H2,1-2H3. The smallest absolute Gasteiger partial charge is 0.0976 e. The zero-order valence-electron chi connectivity index (χ0n) is 11.9. The zero-order chi connectivity index (χ0) is 13.7. The van der Waals surface area contributed by atoms with Crippen molar-refractivity contribution < 1.29 is 0 Å². The second-order valence-corrected chi connectivity index (χ2v) is 5.20. The first-order chi connectivity index (χ1) is 9.22. The van der Waals surface area contributed by atoms with Gasteiger partial charge >= 0.3 is 0 Å². The summed E-state index contributed by atoms with van der Waals surface area (Å²) in [5.74, 6) is 0. The number of aromatic nitrogens is 2. The molecule has 0 aromatic carbocycles. The first-order valence-electron chi connectivity index (χ1n) is 7.06. The molecule has 19 heavy (non-hydrogen) atoms. The molecule has 0 aliphatic carbocycles. The fraction of sp³-hybridized carbons (Fsp3) is 0.714. The second-order valence-electron chi connectivity index (χ2n) is 5.20. The quantitative estimate of drug-likeness (QED) is 0.789. The van der Waals surface area contributed by atoms with Crippen molar-refractivity contribution in [3.63, 3.8) is 0 Å². The van der Waals surface area contributed by atoms with E-state index >= 15 is 0 Å². The summed E-state index contributed by atoms with van der Waals surface area (Å²) >= 11 is 0. The van der Waals surface area contributed by atoms with Gasteiger partial charge in [-0.2, -0.15) is 10.4 Å². The van der Waals surface area contributed by atoms with Crippen LogP contribution >= 0.6 is 0 Å². The molecule has 1 aromatic heterocycles. The van der Waals surface area contributed by atoms with E-state index in [1.165, 1.54) is 5.56 Å². The molecular formula is C14H23N5. The molecular weight excluding hydrogens is 238 g/mol. The zero-order valence-corrected chi connectivity index (χ0v) is 11.9. The lowest BCUT2D eigenvalue weighted by Crippen LogP contribution is -2.50. The van der Waals surface area contributed by atoms with Crippen molar-refractivity contribution in [2.24, 2.45) is 7.05 Å². The molecule has 1 aromatic rings. The Bertz CT molecular complexity index is 425. The predicted octanol–water partition coefficient (Wildman–Crippen LogP) is 0.882. The SMILES string of the molecule is CCC(C#N)N1CCN(CCc2cnn(C)c2)CC1. The van der Waals surface area contributed by atoms with Gasteiger partial charge in [0.05, 0.1) is 18.3 Å². The lowest BCUT2D eigenvalue weighted by Gasteiger charge is -2.36. The lowest BCUT2D eigenvalue weighted by molar-refractivity contribution is 0.113. The number of aryl methyl sites for hydroxylation is 1. The van der Waals surface area contributed by atoms with Gasteiger partial charge in [0.25, 0.3) is 0 Å². The van der Waals surface area contributed by atoms with E-state index in [1.54, 1.807) is 0 Å². The van der Waals surface area contributed by atoms with Crippen LogP contribution in [0, 0.1) is 11.3 Å². The first-order valence-corrected chi connectivity index (χ1v) is 7.06. The van der Waals surface area contributed by atoms with Crippen LogP contribution in [0.25, 0.3) is 0 Å². The Morgan fingerprint density at radius 1 is 1.37 bits per heavy atom. The summed E-state index contributed by atoms with van der Waals surface area (Å²) < 4.78 is 1.85. The Labute approximate surface area is 115 Å². The number of nitrogens with zero attached hydrogens (tertiary/aromatic N) is 5. The highest BCUT2D eigenvalue weighted by molar-refractivity contribution is 5.04. The van der Waals surface area contributed by atoms with E-state index in [-0.39, 0.29) is 6.04 Å². The van der Waals surface area contributed by atoms with Crippen molar-refractivity contribution in [1.82, 2.24) is 19.6 Å². The van der Waals surface area contributed by atoms with Crippen molar-refractivity contribution in [2.75, 3.05) is 32.7 Å². The van der Waals surface area contributed by atoms with Gasteiger partial charge in [-0.25, -0.2) is 0 Å². The van der Waals surface area contributed by atoms with E-state index < -0.39 is 0 Å². The average Bonchev–Trinajstić information content (AvgIpc) is 2.85. The summed E-state index contributed by atoms with van der Waals surface area (Å²) in [6, 6.07) is 2.49. The van der Waals surface area contributed by atoms with Crippen molar-refractivity contribution in [1.29, 1.82) is 5.26 Å². The van der Waals surface area contributed by atoms with Gasteiger partial charge in [0.1, 0.15) is 0 Å². The highest BCUT2D eigenvalue weighted by atomic mass is 15.3. The van der Waals surface area contributed by atoms with Gasteiger partial charge in [-0.15, -0.1) is 0 Å². The van der Waals surface area contributed by atoms with Crippen LogP contribution in [0.3, 0.4) is 0 Å². The fourth-order valence-electron chi connectivity index (χ4n) is 2.62. The molecule has 5 nitrogen and oxygen atoms in total. The highest BCUT2D eigenvalue weighted by Crippen LogP contribution is 2.09. The number of nitriles is 1. The molecule has 104 valence electrons.